The number of carbonyl (C=O) groups excluding carboxylic acids is 1. The van der Waals surface area contributed by atoms with Crippen molar-refractivity contribution < 1.29 is 18.8 Å². The van der Waals surface area contributed by atoms with Crippen LogP contribution in [-0.4, -0.2) is 60.8 Å². The molecule has 1 aromatic heterocycles. The molecule has 8 nitrogen and oxygen atoms in total. The average Bonchev–Trinajstić information content (AvgIpc) is 3.32. The number of aromatic nitrogens is 2. The Labute approximate surface area is 181 Å². The molecular weight excluding hydrogens is 396 g/mol. The number of methoxy groups -OCH3 is 1. The van der Waals surface area contributed by atoms with Gasteiger partial charge in [0.25, 0.3) is 5.91 Å². The standard InChI is InChI=1S/C23H26N4O4/c1-3-21-24-23(25-31-21)17-4-6-18(7-5-17)26-12-14-27(15-13-26)22(28)16-30-20-10-8-19(29-2)9-11-20/h4-11H,3,12-16H2,1-2H3. The van der Waals surface area contributed by atoms with Gasteiger partial charge in [-0.25, -0.2) is 0 Å². The van der Waals surface area contributed by atoms with E-state index in [-0.39, 0.29) is 12.5 Å². The van der Waals surface area contributed by atoms with Crippen LogP contribution in [0.15, 0.2) is 53.1 Å². The van der Waals surface area contributed by atoms with Gasteiger partial charge < -0.3 is 23.8 Å². The topological polar surface area (TPSA) is 80.9 Å². The Morgan fingerprint density at radius 1 is 1.00 bits per heavy atom. The number of aryl methyl sites for hydroxylation is 1. The summed E-state index contributed by atoms with van der Waals surface area (Å²) in [5.74, 6) is 2.65. The maximum Gasteiger partial charge on any atom is 0.260 e. The van der Waals surface area contributed by atoms with Crippen LogP contribution in [0.4, 0.5) is 5.69 Å². The van der Waals surface area contributed by atoms with Crippen molar-refractivity contribution in [3.05, 3.63) is 54.4 Å². The van der Waals surface area contributed by atoms with Gasteiger partial charge in [-0.05, 0) is 48.5 Å². The van der Waals surface area contributed by atoms with Gasteiger partial charge >= 0.3 is 0 Å². The Hall–Kier alpha value is -3.55. The first-order valence-electron chi connectivity index (χ1n) is 10.4. The lowest BCUT2D eigenvalue weighted by Gasteiger charge is -2.36. The molecule has 3 aromatic rings. The third-order valence-electron chi connectivity index (χ3n) is 5.32. The van der Waals surface area contributed by atoms with Gasteiger partial charge in [-0.1, -0.05) is 12.1 Å². The Bertz CT molecular complexity index is 993. The van der Waals surface area contributed by atoms with E-state index < -0.39 is 0 Å². The second kappa shape index (κ2) is 9.51. The highest BCUT2D eigenvalue weighted by atomic mass is 16.5. The zero-order valence-corrected chi connectivity index (χ0v) is 17.8. The van der Waals surface area contributed by atoms with Gasteiger partial charge in [-0.15, -0.1) is 0 Å². The van der Waals surface area contributed by atoms with Gasteiger partial charge in [0.1, 0.15) is 11.5 Å². The molecule has 1 fully saturated rings. The second-order valence-corrected chi connectivity index (χ2v) is 7.24. The highest BCUT2D eigenvalue weighted by Crippen LogP contribution is 2.22. The number of ether oxygens (including phenoxy) is 2. The smallest absolute Gasteiger partial charge is 0.260 e. The quantitative estimate of drug-likeness (QED) is 0.579. The molecule has 0 N–H and O–H groups in total. The number of piperazine rings is 1. The van der Waals surface area contributed by atoms with E-state index in [1.165, 1.54) is 0 Å². The Morgan fingerprint density at radius 2 is 1.68 bits per heavy atom. The molecule has 0 aliphatic carbocycles. The molecule has 0 radical (unpaired) electrons. The summed E-state index contributed by atoms with van der Waals surface area (Å²) in [5.41, 5.74) is 2.04. The first-order chi connectivity index (χ1) is 15.2. The lowest BCUT2D eigenvalue weighted by Crippen LogP contribution is -2.50. The van der Waals surface area contributed by atoms with E-state index in [2.05, 4.69) is 27.2 Å². The van der Waals surface area contributed by atoms with E-state index in [4.69, 9.17) is 14.0 Å². The number of anilines is 1. The lowest BCUT2D eigenvalue weighted by atomic mass is 10.1. The Balaban J connectivity index is 1.27. The normalized spacial score (nSPS) is 13.9. The summed E-state index contributed by atoms with van der Waals surface area (Å²) in [6.45, 7) is 4.89. The average molecular weight is 422 g/mol. The maximum atomic E-state index is 12.5. The third-order valence-corrected chi connectivity index (χ3v) is 5.32. The summed E-state index contributed by atoms with van der Waals surface area (Å²) in [5, 5.41) is 4.01. The number of hydrogen-bond donors (Lipinski definition) is 0. The van der Waals surface area contributed by atoms with Gasteiger partial charge in [0.15, 0.2) is 6.61 Å². The fraction of sp³-hybridized carbons (Fsp3) is 0.348. The molecule has 0 spiro atoms. The monoisotopic (exact) mass is 422 g/mol. The van der Waals surface area contributed by atoms with Crippen LogP contribution < -0.4 is 14.4 Å². The van der Waals surface area contributed by atoms with Gasteiger partial charge in [-0.2, -0.15) is 4.98 Å². The van der Waals surface area contributed by atoms with E-state index in [9.17, 15) is 4.79 Å². The number of benzene rings is 2. The highest BCUT2D eigenvalue weighted by Gasteiger charge is 2.22. The lowest BCUT2D eigenvalue weighted by molar-refractivity contribution is -0.133. The van der Waals surface area contributed by atoms with Crippen molar-refractivity contribution in [3.8, 4) is 22.9 Å². The number of hydrogen-bond acceptors (Lipinski definition) is 7. The van der Waals surface area contributed by atoms with Crippen LogP contribution in [-0.2, 0) is 11.2 Å². The number of nitrogens with zero attached hydrogens (tertiary/aromatic N) is 4. The predicted molar refractivity (Wildman–Crippen MR) is 116 cm³/mol. The van der Waals surface area contributed by atoms with Gasteiger partial charge in [0.05, 0.1) is 7.11 Å². The molecule has 1 aliphatic heterocycles. The van der Waals surface area contributed by atoms with Crippen molar-refractivity contribution in [2.24, 2.45) is 0 Å². The summed E-state index contributed by atoms with van der Waals surface area (Å²) in [7, 11) is 1.61. The van der Waals surface area contributed by atoms with Crippen LogP contribution in [0.25, 0.3) is 11.4 Å². The van der Waals surface area contributed by atoms with Crippen molar-refractivity contribution in [2.75, 3.05) is 44.8 Å². The zero-order valence-electron chi connectivity index (χ0n) is 17.8. The molecule has 1 aliphatic rings. The van der Waals surface area contributed by atoms with Gasteiger partial charge in [0, 0.05) is 43.9 Å². The molecule has 0 saturated carbocycles. The molecule has 162 valence electrons. The molecule has 4 rings (SSSR count). The predicted octanol–water partition coefficient (Wildman–Crippen LogP) is 3.04. The summed E-state index contributed by atoms with van der Waals surface area (Å²) in [6, 6.07) is 15.3. The molecule has 8 heteroatoms. The molecule has 0 bridgehead atoms. The Morgan fingerprint density at radius 3 is 2.29 bits per heavy atom. The second-order valence-electron chi connectivity index (χ2n) is 7.24. The molecule has 2 aromatic carbocycles. The van der Waals surface area contributed by atoms with Gasteiger partial charge in [0.2, 0.25) is 11.7 Å². The van der Waals surface area contributed by atoms with E-state index in [1.54, 1.807) is 19.2 Å². The molecule has 1 saturated heterocycles. The minimum Gasteiger partial charge on any atom is -0.497 e. The fourth-order valence-electron chi connectivity index (χ4n) is 3.46. The zero-order chi connectivity index (χ0) is 21.6. The van der Waals surface area contributed by atoms with Crippen molar-refractivity contribution in [3.63, 3.8) is 0 Å². The van der Waals surface area contributed by atoms with Crippen LogP contribution in [0.2, 0.25) is 0 Å². The van der Waals surface area contributed by atoms with Crippen LogP contribution in [0, 0.1) is 0 Å². The van der Waals surface area contributed by atoms with Crippen LogP contribution >= 0.6 is 0 Å². The molecule has 2 heterocycles. The molecule has 1 amide bonds. The van der Waals surface area contributed by atoms with Crippen molar-refractivity contribution in [1.29, 1.82) is 0 Å². The van der Waals surface area contributed by atoms with Gasteiger partial charge in [-0.3, -0.25) is 4.79 Å². The third kappa shape index (κ3) is 4.96. The van der Waals surface area contributed by atoms with E-state index >= 15 is 0 Å². The molecular formula is C23H26N4O4. The van der Waals surface area contributed by atoms with Crippen molar-refractivity contribution in [1.82, 2.24) is 15.0 Å². The minimum absolute atomic E-state index is 0.00495. The van der Waals surface area contributed by atoms with Crippen molar-refractivity contribution >= 4 is 11.6 Å². The summed E-state index contributed by atoms with van der Waals surface area (Å²) >= 11 is 0. The summed E-state index contributed by atoms with van der Waals surface area (Å²) < 4.78 is 15.9. The fourth-order valence-corrected chi connectivity index (χ4v) is 3.46. The highest BCUT2D eigenvalue weighted by molar-refractivity contribution is 5.78. The van der Waals surface area contributed by atoms with E-state index in [0.717, 1.165) is 36.5 Å². The SMILES string of the molecule is CCc1nc(-c2ccc(N3CCN(C(=O)COc4ccc(OC)cc4)CC3)cc2)no1. The van der Waals surface area contributed by atoms with E-state index in [0.29, 0.717) is 30.6 Å². The molecule has 0 unspecified atom stereocenters. The first-order valence-corrected chi connectivity index (χ1v) is 10.4. The van der Waals surface area contributed by atoms with E-state index in [1.807, 2.05) is 36.1 Å². The number of rotatable bonds is 7. The number of amides is 1. The summed E-state index contributed by atoms with van der Waals surface area (Å²) in [6.07, 6.45) is 0.721. The van der Waals surface area contributed by atoms with Crippen molar-refractivity contribution in [2.45, 2.75) is 13.3 Å². The maximum absolute atomic E-state index is 12.5. The number of carbonyl (C=O) groups is 1. The summed E-state index contributed by atoms with van der Waals surface area (Å²) in [4.78, 5) is 21.0. The Kier molecular flexibility index (Phi) is 6.35. The minimum atomic E-state index is -0.00495. The van der Waals surface area contributed by atoms with Crippen LogP contribution in [0.1, 0.15) is 12.8 Å². The van der Waals surface area contributed by atoms with Crippen LogP contribution in [0.3, 0.4) is 0 Å². The van der Waals surface area contributed by atoms with Crippen LogP contribution in [0.5, 0.6) is 11.5 Å². The largest absolute Gasteiger partial charge is 0.497 e. The first kappa shape index (κ1) is 20.7. The molecule has 0 atom stereocenters. The molecule has 31 heavy (non-hydrogen) atoms.